The van der Waals surface area contributed by atoms with Gasteiger partial charge in [0, 0.05) is 47.3 Å². The van der Waals surface area contributed by atoms with Crippen LogP contribution in [0.25, 0.3) is 0 Å². The molecule has 4 atom stereocenters. The van der Waals surface area contributed by atoms with E-state index in [9.17, 15) is 23.4 Å². The molecule has 3 N–H and O–H groups in total. The fourth-order valence-electron chi connectivity index (χ4n) is 2.87. The predicted octanol–water partition coefficient (Wildman–Crippen LogP) is 2.84. The molecule has 0 saturated heterocycles. The van der Waals surface area contributed by atoms with Crippen molar-refractivity contribution in [2.75, 3.05) is 30.1 Å². The van der Waals surface area contributed by atoms with E-state index in [1.807, 2.05) is 30.3 Å². The molecule has 0 spiro atoms. The Kier molecular flexibility index (Phi) is 16.0. The average molecular weight is 577 g/mol. The number of carbonyl (C=O) groups excluding carboxylic acids is 3. The first-order valence-corrected chi connectivity index (χ1v) is 15.9. The Morgan fingerprint density at radius 2 is 1.68 bits per heavy atom. The minimum Gasteiger partial charge on any atom is -0.480 e. The molecular weight excluding hydrogens is 540 g/mol. The van der Waals surface area contributed by atoms with E-state index in [4.69, 9.17) is 14.6 Å². The second-order valence-electron chi connectivity index (χ2n) is 8.54. The molecule has 0 aromatic heterocycles. The third kappa shape index (κ3) is 15.6. The van der Waals surface area contributed by atoms with Gasteiger partial charge in [-0.2, -0.15) is 0 Å². The molecule has 0 heterocycles. The highest BCUT2D eigenvalue weighted by Gasteiger charge is 2.22. The lowest BCUT2D eigenvalue weighted by Crippen LogP contribution is -2.40. The van der Waals surface area contributed by atoms with Crippen molar-refractivity contribution in [3.63, 3.8) is 0 Å². The van der Waals surface area contributed by atoms with Crippen LogP contribution in [0.2, 0.25) is 0 Å². The molecule has 1 aromatic rings. The van der Waals surface area contributed by atoms with Gasteiger partial charge in [-0.1, -0.05) is 65.8 Å². The molecule has 0 aliphatic heterocycles. The van der Waals surface area contributed by atoms with Gasteiger partial charge in [-0.15, -0.1) is 0 Å². The third-order valence-electron chi connectivity index (χ3n) is 4.83. The summed E-state index contributed by atoms with van der Waals surface area (Å²) in [6.07, 6.45) is 0.667. The number of ether oxygens (including phenoxy) is 2. The Morgan fingerprint density at radius 1 is 1.03 bits per heavy atom. The summed E-state index contributed by atoms with van der Waals surface area (Å²) in [6.45, 7) is 4.34. The van der Waals surface area contributed by atoms with Crippen LogP contribution in [0.15, 0.2) is 30.3 Å². The molecule has 0 aliphatic carbocycles. The summed E-state index contributed by atoms with van der Waals surface area (Å²) in [5, 5.41) is 14.0. The zero-order chi connectivity index (χ0) is 27.8. The number of aliphatic carboxylic acids is 1. The van der Waals surface area contributed by atoms with Gasteiger partial charge in [-0.3, -0.25) is 18.6 Å². The van der Waals surface area contributed by atoms with Crippen molar-refractivity contribution in [1.29, 1.82) is 0 Å². The summed E-state index contributed by atoms with van der Waals surface area (Å²) in [6, 6.07) is 9.08. The van der Waals surface area contributed by atoms with Crippen LogP contribution in [0.1, 0.15) is 32.8 Å². The highest BCUT2D eigenvalue weighted by Crippen LogP contribution is 2.27. The minimum atomic E-state index is -1.11. The van der Waals surface area contributed by atoms with E-state index in [2.05, 4.69) is 10.6 Å². The van der Waals surface area contributed by atoms with Crippen LogP contribution in [-0.4, -0.2) is 75.6 Å². The Labute approximate surface area is 228 Å². The van der Waals surface area contributed by atoms with E-state index in [0.29, 0.717) is 30.1 Å². The van der Waals surface area contributed by atoms with Gasteiger partial charge in [-0.25, -0.2) is 4.79 Å². The van der Waals surface area contributed by atoms with Crippen LogP contribution in [0.3, 0.4) is 0 Å². The number of carbonyl (C=O) groups is 4. The number of benzene rings is 1. The first kappa shape index (κ1) is 32.8. The molecule has 10 nitrogen and oxygen atoms in total. The second kappa shape index (κ2) is 18.1. The van der Waals surface area contributed by atoms with Gasteiger partial charge >= 0.3 is 18.0 Å². The highest BCUT2D eigenvalue weighted by molar-refractivity contribution is 8.76. The molecule has 4 unspecified atom stereocenters. The van der Waals surface area contributed by atoms with Crippen LogP contribution < -0.4 is 10.6 Å². The fourth-order valence-corrected chi connectivity index (χ4v) is 6.09. The Morgan fingerprint density at radius 3 is 2.27 bits per heavy atom. The zero-order valence-electron chi connectivity index (χ0n) is 21.5. The van der Waals surface area contributed by atoms with Crippen LogP contribution in [0.4, 0.5) is 4.79 Å². The van der Waals surface area contributed by atoms with Crippen LogP contribution in [0, 0.1) is 11.8 Å². The van der Waals surface area contributed by atoms with Gasteiger partial charge in [0.05, 0.1) is 11.8 Å². The summed E-state index contributed by atoms with van der Waals surface area (Å²) >= 11 is 0. The summed E-state index contributed by atoms with van der Waals surface area (Å²) in [5.74, 6) is -1.50. The monoisotopic (exact) mass is 576 g/mol. The zero-order valence-corrected chi connectivity index (χ0v) is 23.9. The predicted molar refractivity (Wildman–Crippen MR) is 147 cm³/mol. The second-order valence-corrected chi connectivity index (χ2v) is 12.6. The lowest BCUT2D eigenvalue weighted by Gasteiger charge is -2.21. The van der Waals surface area contributed by atoms with Crippen LogP contribution >= 0.6 is 21.6 Å². The molecule has 13 heteroatoms. The fraction of sp³-hybridized carbons (Fsp3) is 0.583. The van der Waals surface area contributed by atoms with E-state index in [-0.39, 0.29) is 17.9 Å². The topological polar surface area (TPSA) is 148 Å². The third-order valence-corrected chi connectivity index (χ3v) is 8.20. The van der Waals surface area contributed by atoms with Crippen molar-refractivity contribution in [2.45, 2.75) is 45.9 Å². The number of hydrogen-bond donors (Lipinski definition) is 3. The molecule has 1 rings (SSSR count). The number of esters is 1. The number of hydrogen-bond acceptors (Lipinski definition) is 9. The Balaban J connectivity index is 2.65. The van der Waals surface area contributed by atoms with E-state index >= 15 is 0 Å². The lowest BCUT2D eigenvalue weighted by molar-refractivity contribution is -0.168. The molecule has 0 aliphatic rings. The molecule has 0 saturated carbocycles. The Hall–Kier alpha value is -2.25. The summed E-state index contributed by atoms with van der Waals surface area (Å²) < 4.78 is 21.7. The number of nitrogens with one attached hydrogen (secondary N) is 2. The Bertz CT molecular complexity index is 901. The average Bonchev–Trinajstić information content (AvgIpc) is 2.82. The number of amides is 2. The summed E-state index contributed by atoms with van der Waals surface area (Å²) in [7, 11) is 1.81. The minimum absolute atomic E-state index is 0.344. The highest BCUT2D eigenvalue weighted by atomic mass is 33.1. The van der Waals surface area contributed by atoms with Gasteiger partial charge in [0.15, 0.2) is 0 Å². The molecule has 0 fully saturated rings. The van der Waals surface area contributed by atoms with Gasteiger partial charge < -0.3 is 25.2 Å². The maximum absolute atomic E-state index is 12.6. The van der Waals surface area contributed by atoms with Crippen molar-refractivity contribution in [3.05, 3.63) is 35.9 Å². The van der Waals surface area contributed by atoms with E-state index in [1.165, 1.54) is 28.5 Å². The first-order valence-electron chi connectivity index (χ1n) is 11.7. The molecule has 37 heavy (non-hydrogen) atoms. The number of alkyl carbamates (subject to hydrolysis) is 1. The maximum atomic E-state index is 12.6. The van der Waals surface area contributed by atoms with Gasteiger partial charge in [-0.05, 0) is 18.4 Å². The summed E-state index contributed by atoms with van der Waals surface area (Å²) in [4.78, 5) is 47.4. The van der Waals surface area contributed by atoms with E-state index in [1.54, 1.807) is 20.1 Å². The standard InChI is InChI=1S/C24H36N2O8S3/c1-16(2)23(30)33-17(3)34-24(31)26-20(10-11-37(4)32)15-36-35-14-19(22(29)25-13-21(27)28)12-18-8-6-5-7-9-18/h5-9,16-17,19-20H,10-15H2,1-4H3,(H,25,29)(H,26,31)(H,27,28). The maximum Gasteiger partial charge on any atom is 0.410 e. The van der Waals surface area contributed by atoms with Crippen molar-refractivity contribution in [3.8, 4) is 0 Å². The molecule has 0 radical (unpaired) electrons. The van der Waals surface area contributed by atoms with E-state index in [0.717, 1.165) is 5.56 Å². The molecule has 0 bridgehead atoms. The lowest BCUT2D eigenvalue weighted by atomic mass is 10.0. The number of rotatable bonds is 17. The normalized spacial score (nSPS) is 14.2. The SMILES string of the molecule is CC(OC(=O)NC(CCS(C)=O)CSSCC(Cc1ccccc1)C(=O)NCC(=O)O)OC(=O)C(C)C. The number of carboxylic acids is 1. The number of carboxylic acid groups (broad SMARTS) is 1. The quantitative estimate of drug-likeness (QED) is 0.109. The molecule has 1 aromatic carbocycles. The first-order chi connectivity index (χ1) is 17.5. The largest absolute Gasteiger partial charge is 0.480 e. The van der Waals surface area contributed by atoms with Gasteiger partial charge in [0.2, 0.25) is 12.2 Å². The smallest absolute Gasteiger partial charge is 0.410 e. The van der Waals surface area contributed by atoms with Gasteiger partial charge in [0.1, 0.15) is 6.54 Å². The molecule has 2 amide bonds. The van der Waals surface area contributed by atoms with Crippen molar-refractivity contribution in [2.24, 2.45) is 11.8 Å². The molecular formula is C24H36N2O8S3. The van der Waals surface area contributed by atoms with Crippen LogP contribution in [0.5, 0.6) is 0 Å². The van der Waals surface area contributed by atoms with Crippen molar-refractivity contribution in [1.82, 2.24) is 10.6 Å². The van der Waals surface area contributed by atoms with Gasteiger partial charge in [0.25, 0.3) is 0 Å². The molecule has 208 valence electrons. The summed E-state index contributed by atoms with van der Waals surface area (Å²) in [5.41, 5.74) is 0.962. The van der Waals surface area contributed by atoms with Crippen molar-refractivity contribution < 1.29 is 38.0 Å². The van der Waals surface area contributed by atoms with Crippen LogP contribution in [-0.2, 0) is 41.1 Å². The van der Waals surface area contributed by atoms with E-state index < -0.39 is 47.6 Å². The van der Waals surface area contributed by atoms with Crippen molar-refractivity contribution >= 4 is 56.3 Å².